The number of carbonyl (C=O) groups excluding carboxylic acids is 2. The Bertz CT molecular complexity index is 709. The van der Waals surface area contributed by atoms with E-state index >= 15 is 0 Å². The fourth-order valence-electron chi connectivity index (χ4n) is 5.07. The van der Waals surface area contributed by atoms with E-state index in [0.29, 0.717) is 13.2 Å². The van der Waals surface area contributed by atoms with Crippen LogP contribution in [0, 0.1) is 0 Å². The molecule has 1 aromatic carbocycles. The zero-order valence-corrected chi connectivity index (χ0v) is 25.3. The number of nitrogens with zero attached hydrogens (tertiary/aromatic N) is 1. The molecule has 0 radical (unpaired) electrons. The highest BCUT2D eigenvalue weighted by molar-refractivity contribution is 5.67. The topological polar surface area (TPSA) is 70.7 Å². The second-order valence-electron chi connectivity index (χ2n) is 10.8. The van der Waals surface area contributed by atoms with Crippen LogP contribution in [0.3, 0.4) is 0 Å². The first-order valence-corrected chi connectivity index (χ1v) is 16.1. The monoisotopic (exact) mass is 545 g/mol. The summed E-state index contributed by atoms with van der Waals surface area (Å²) in [6, 6.07) is 8.37. The van der Waals surface area contributed by atoms with E-state index in [0.717, 1.165) is 51.0 Å². The predicted molar refractivity (Wildman–Crippen MR) is 164 cm³/mol. The molecule has 0 bridgehead atoms. The average molecular weight is 546 g/mol. The number of ether oxygens (including phenoxy) is 1. The number of alkyl carbamates (subject to hydrolysis) is 1. The Balaban J connectivity index is 1.97. The number of hydrogen-bond acceptors (Lipinski definition) is 4. The minimum absolute atomic E-state index is 0.329. The Hall–Kier alpha value is -2.08. The van der Waals surface area contributed by atoms with Crippen molar-refractivity contribution in [3.05, 3.63) is 35.4 Å². The summed E-state index contributed by atoms with van der Waals surface area (Å²) in [7, 11) is 0. The summed E-state index contributed by atoms with van der Waals surface area (Å²) < 4.78 is 5.48. The van der Waals surface area contributed by atoms with Gasteiger partial charge in [-0.1, -0.05) is 128 Å². The molecule has 0 fully saturated rings. The van der Waals surface area contributed by atoms with E-state index in [9.17, 15) is 9.59 Å². The highest BCUT2D eigenvalue weighted by atomic mass is 16.5. The van der Waals surface area contributed by atoms with Crippen LogP contribution >= 0.6 is 0 Å². The number of benzene rings is 1. The van der Waals surface area contributed by atoms with E-state index < -0.39 is 0 Å². The molecule has 0 unspecified atom stereocenters. The molecule has 0 saturated heterocycles. The van der Waals surface area contributed by atoms with Crippen LogP contribution in [0.4, 0.5) is 4.79 Å². The number of amides is 2. The Morgan fingerprint density at radius 2 is 1.21 bits per heavy atom. The van der Waals surface area contributed by atoms with Gasteiger partial charge >= 0.3 is 6.09 Å². The van der Waals surface area contributed by atoms with E-state index in [-0.39, 0.29) is 6.09 Å². The SMILES string of the molecule is CCN(CC)CCNC(=O)OCc1ccccc1CCCCCCCCCCCCCCCCCCNC=O. The predicted octanol–water partition coefficient (Wildman–Crippen LogP) is 7.78. The van der Waals surface area contributed by atoms with Gasteiger partial charge in [0.2, 0.25) is 6.41 Å². The van der Waals surface area contributed by atoms with Gasteiger partial charge in [-0.3, -0.25) is 4.79 Å². The molecule has 0 aliphatic carbocycles. The van der Waals surface area contributed by atoms with Crippen LogP contribution in [0.25, 0.3) is 0 Å². The van der Waals surface area contributed by atoms with Gasteiger partial charge < -0.3 is 20.3 Å². The zero-order valence-electron chi connectivity index (χ0n) is 25.3. The van der Waals surface area contributed by atoms with Crippen LogP contribution in [0.5, 0.6) is 0 Å². The van der Waals surface area contributed by atoms with E-state index in [1.165, 1.54) is 102 Å². The van der Waals surface area contributed by atoms with Crippen molar-refractivity contribution in [3.8, 4) is 0 Å². The van der Waals surface area contributed by atoms with Gasteiger partial charge in [0.05, 0.1) is 0 Å². The third-order valence-electron chi connectivity index (χ3n) is 7.67. The minimum atomic E-state index is -0.329. The molecule has 6 heteroatoms. The summed E-state index contributed by atoms with van der Waals surface area (Å²) in [6.45, 7) is 8.89. The van der Waals surface area contributed by atoms with Crippen molar-refractivity contribution in [2.24, 2.45) is 0 Å². The number of likely N-dealkylation sites (N-methyl/N-ethyl adjacent to an activating group) is 1. The number of unbranched alkanes of at least 4 members (excludes halogenated alkanes) is 15. The van der Waals surface area contributed by atoms with Gasteiger partial charge in [-0.15, -0.1) is 0 Å². The summed E-state index contributed by atoms with van der Waals surface area (Å²) >= 11 is 0. The van der Waals surface area contributed by atoms with Gasteiger partial charge in [-0.2, -0.15) is 0 Å². The first-order valence-electron chi connectivity index (χ1n) is 16.1. The zero-order chi connectivity index (χ0) is 28.2. The van der Waals surface area contributed by atoms with Crippen LogP contribution in [-0.2, 0) is 22.6 Å². The van der Waals surface area contributed by atoms with Crippen LogP contribution in [0.2, 0.25) is 0 Å². The summed E-state index contributed by atoms with van der Waals surface area (Å²) in [6.07, 6.45) is 22.7. The maximum atomic E-state index is 12.1. The second kappa shape index (κ2) is 26.2. The maximum absolute atomic E-state index is 12.1. The average Bonchev–Trinajstić information content (AvgIpc) is 2.96. The van der Waals surface area contributed by atoms with Crippen LogP contribution < -0.4 is 10.6 Å². The van der Waals surface area contributed by atoms with Crippen molar-refractivity contribution >= 4 is 12.5 Å². The van der Waals surface area contributed by atoms with Gasteiger partial charge in [0, 0.05) is 19.6 Å². The fraction of sp³-hybridized carbons (Fsp3) is 0.758. The van der Waals surface area contributed by atoms with E-state index in [2.05, 4.69) is 47.6 Å². The minimum Gasteiger partial charge on any atom is -0.445 e. The van der Waals surface area contributed by atoms with Crippen molar-refractivity contribution in [3.63, 3.8) is 0 Å². The van der Waals surface area contributed by atoms with Crippen molar-refractivity contribution in [2.45, 2.75) is 130 Å². The Labute approximate surface area is 240 Å². The standard InChI is InChI=1S/C33H59N3O3/c1-3-36(4-2)28-27-35-33(38)39-29-32-25-21-20-24-31(32)23-19-17-15-13-11-9-7-5-6-8-10-12-14-16-18-22-26-34-30-37/h20-21,24-25,30H,3-19,22-23,26-29H2,1-2H3,(H,34,37)(H,35,38). The number of nitrogens with one attached hydrogen (secondary N) is 2. The molecule has 1 aromatic rings. The molecule has 224 valence electrons. The van der Waals surface area contributed by atoms with Crippen LogP contribution in [-0.4, -0.2) is 50.1 Å². The largest absolute Gasteiger partial charge is 0.445 e. The number of aryl methyl sites for hydroxylation is 1. The van der Waals surface area contributed by atoms with E-state index in [4.69, 9.17) is 4.74 Å². The van der Waals surface area contributed by atoms with Crippen molar-refractivity contribution < 1.29 is 14.3 Å². The highest BCUT2D eigenvalue weighted by Crippen LogP contribution is 2.17. The molecule has 0 aromatic heterocycles. The quantitative estimate of drug-likeness (QED) is 0.0874. The number of rotatable bonds is 27. The van der Waals surface area contributed by atoms with Gasteiger partial charge in [-0.05, 0) is 43.5 Å². The van der Waals surface area contributed by atoms with Crippen molar-refractivity contribution in [1.82, 2.24) is 15.5 Å². The molecule has 39 heavy (non-hydrogen) atoms. The summed E-state index contributed by atoms with van der Waals surface area (Å²) in [4.78, 5) is 24.5. The normalized spacial score (nSPS) is 11.1. The molecular formula is C33H59N3O3. The maximum Gasteiger partial charge on any atom is 0.407 e. The molecule has 6 nitrogen and oxygen atoms in total. The van der Waals surface area contributed by atoms with Gasteiger partial charge in [0.25, 0.3) is 0 Å². The molecule has 0 aliphatic rings. The van der Waals surface area contributed by atoms with Crippen molar-refractivity contribution in [2.75, 3.05) is 32.7 Å². The van der Waals surface area contributed by atoms with Crippen LogP contribution in [0.15, 0.2) is 24.3 Å². The third-order valence-corrected chi connectivity index (χ3v) is 7.67. The lowest BCUT2D eigenvalue weighted by molar-refractivity contribution is -0.109. The molecule has 1 rings (SSSR count). The smallest absolute Gasteiger partial charge is 0.407 e. The van der Waals surface area contributed by atoms with Crippen LogP contribution in [0.1, 0.15) is 128 Å². The fourth-order valence-corrected chi connectivity index (χ4v) is 5.07. The first-order chi connectivity index (χ1) is 19.2. The third kappa shape index (κ3) is 20.5. The number of carbonyl (C=O) groups is 2. The molecule has 0 aliphatic heterocycles. The van der Waals surface area contributed by atoms with E-state index in [1.807, 2.05) is 6.07 Å². The highest BCUT2D eigenvalue weighted by Gasteiger charge is 2.07. The lowest BCUT2D eigenvalue weighted by atomic mass is 10.0. The van der Waals surface area contributed by atoms with Gasteiger partial charge in [0.1, 0.15) is 6.61 Å². The lowest BCUT2D eigenvalue weighted by Crippen LogP contribution is -2.35. The second-order valence-corrected chi connectivity index (χ2v) is 10.8. The summed E-state index contributed by atoms with van der Waals surface area (Å²) in [5, 5.41) is 5.59. The van der Waals surface area contributed by atoms with Gasteiger partial charge in [-0.25, -0.2) is 4.79 Å². The molecule has 0 saturated carbocycles. The molecule has 2 amide bonds. The Morgan fingerprint density at radius 3 is 1.72 bits per heavy atom. The first kappa shape index (κ1) is 34.9. The Kier molecular flexibility index (Phi) is 23.4. The van der Waals surface area contributed by atoms with E-state index in [1.54, 1.807) is 0 Å². The lowest BCUT2D eigenvalue weighted by Gasteiger charge is -2.18. The Morgan fingerprint density at radius 1 is 0.718 bits per heavy atom. The van der Waals surface area contributed by atoms with Gasteiger partial charge in [0.15, 0.2) is 0 Å². The molecule has 2 N–H and O–H groups in total. The summed E-state index contributed by atoms with van der Waals surface area (Å²) in [5.41, 5.74) is 2.43. The molecular weight excluding hydrogens is 486 g/mol. The summed E-state index contributed by atoms with van der Waals surface area (Å²) in [5.74, 6) is 0. The molecule has 0 spiro atoms. The molecule has 0 heterocycles. The number of hydrogen-bond donors (Lipinski definition) is 2. The van der Waals surface area contributed by atoms with Crippen molar-refractivity contribution in [1.29, 1.82) is 0 Å². The molecule has 0 atom stereocenters.